The number of carboxylic acids is 2. The number of hydrogen-bond acceptors (Lipinski definition) is 4. The molecule has 1 aromatic carbocycles. The number of nitrogens with one attached hydrogen (secondary N) is 1. The van der Waals surface area contributed by atoms with Crippen molar-refractivity contribution in [2.45, 2.75) is 51.4 Å². The Morgan fingerprint density at radius 2 is 2.00 bits per heavy atom. The molecule has 2 aromatic rings. The highest BCUT2D eigenvalue weighted by Gasteiger charge is 2.44. The molecule has 1 atom stereocenters. The largest absolute Gasteiger partial charge is 0.480 e. The zero-order valence-corrected chi connectivity index (χ0v) is 20.0. The number of benzene rings is 1. The Bertz CT molecular complexity index is 1010. The molecule has 1 aliphatic carbocycles. The van der Waals surface area contributed by atoms with Crippen molar-refractivity contribution in [1.29, 1.82) is 0 Å². The predicted molar refractivity (Wildman–Crippen MR) is 128 cm³/mol. The Kier molecular flexibility index (Phi) is 9.41. The van der Waals surface area contributed by atoms with E-state index in [9.17, 15) is 19.8 Å². The van der Waals surface area contributed by atoms with Gasteiger partial charge in [0.15, 0.2) is 0 Å². The lowest BCUT2D eigenvalue weighted by Gasteiger charge is -2.28. The molecule has 8 heteroatoms. The monoisotopic (exact) mass is 503 g/mol. The van der Waals surface area contributed by atoms with Crippen LogP contribution in [-0.2, 0) is 15.0 Å². The number of carbonyl (C=O) groups is 2. The summed E-state index contributed by atoms with van der Waals surface area (Å²) in [5.41, 5.74) is 5.87. The van der Waals surface area contributed by atoms with E-state index in [1.165, 1.54) is 31.8 Å². The molecule has 1 heterocycles. The van der Waals surface area contributed by atoms with Crippen LogP contribution in [0.25, 0.3) is 11.3 Å². The van der Waals surface area contributed by atoms with Crippen LogP contribution < -0.4 is 5.73 Å². The normalized spacial score (nSPS) is 17.6. The molecule has 0 amide bonds. The number of rotatable bonds is 8. The van der Waals surface area contributed by atoms with E-state index in [-0.39, 0.29) is 17.8 Å². The number of allylic oxidation sites excluding steroid dienone is 2. The predicted octanol–water partition coefficient (Wildman–Crippen LogP) is 5.05. The minimum Gasteiger partial charge on any atom is -0.480 e. The van der Waals surface area contributed by atoms with E-state index < -0.39 is 17.4 Å². The summed E-state index contributed by atoms with van der Waals surface area (Å²) >= 11 is 3.40. The standard InChI is InChI=1S/C18H15BrN2O4.C6H15N/c1-10-5-12(15(22)23)8-18(7-10,17(24)25)16-20-9-14(21-16)11-3-2-4-13(19)6-11;1-2-3-4-5-6-7/h2-7,9H,8H2,1H3,(H,20,21)(H,22,23)(H,24,25);2-7H2,1H3. The van der Waals surface area contributed by atoms with Crippen LogP contribution in [0.4, 0.5) is 0 Å². The summed E-state index contributed by atoms with van der Waals surface area (Å²) in [7, 11) is 0. The Labute approximate surface area is 196 Å². The summed E-state index contributed by atoms with van der Waals surface area (Å²) in [6.45, 7) is 4.74. The van der Waals surface area contributed by atoms with Gasteiger partial charge in [-0.25, -0.2) is 9.78 Å². The van der Waals surface area contributed by atoms with Gasteiger partial charge in [-0.3, -0.25) is 4.79 Å². The van der Waals surface area contributed by atoms with Crippen LogP contribution in [0.1, 0.15) is 51.8 Å². The third-order valence-electron chi connectivity index (χ3n) is 5.19. The number of unbranched alkanes of at least 4 members (excludes halogenated alkanes) is 3. The molecule has 0 saturated heterocycles. The summed E-state index contributed by atoms with van der Waals surface area (Å²) < 4.78 is 0.888. The maximum absolute atomic E-state index is 12.1. The summed E-state index contributed by atoms with van der Waals surface area (Å²) in [6.07, 6.45) is 9.59. The first kappa shape index (κ1) is 25.5. The number of aromatic nitrogens is 2. The Morgan fingerprint density at radius 1 is 1.25 bits per heavy atom. The zero-order valence-electron chi connectivity index (χ0n) is 18.4. The third kappa shape index (κ3) is 6.40. The maximum atomic E-state index is 12.1. The second kappa shape index (κ2) is 11.8. The molecular weight excluding hydrogens is 474 g/mol. The molecule has 1 unspecified atom stereocenters. The summed E-state index contributed by atoms with van der Waals surface area (Å²) in [4.78, 5) is 30.7. The number of imidazole rings is 1. The van der Waals surface area contributed by atoms with Crippen molar-refractivity contribution in [3.63, 3.8) is 0 Å². The van der Waals surface area contributed by atoms with Crippen LogP contribution in [0.3, 0.4) is 0 Å². The zero-order chi connectivity index (χ0) is 23.7. The molecule has 172 valence electrons. The number of hydrogen-bond donors (Lipinski definition) is 4. The molecule has 1 aromatic heterocycles. The van der Waals surface area contributed by atoms with Gasteiger partial charge in [-0.2, -0.15) is 0 Å². The molecule has 0 spiro atoms. The molecule has 0 saturated carbocycles. The van der Waals surface area contributed by atoms with Crippen LogP contribution in [0.5, 0.6) is 0 Å². The molecule has 0 fully saturated rings. The first-order valence-corrected chi connectivity index (χ1v) is 11.4. The second-order valence-corrected chi connectivity index (χ2v) is 8.74. The van der Waals surface area contributed by atoms with Gasteiger partial charge in [-0.15, -0.1) is 0 Å². The van der Waals surface area contributed by atoms with Gasteiger partial charge in [0.1, 0.15) is 11.2 Å². The van der Waals surface area contributed by atoms with Crippen molar-refractivity contribution in [3.8, 4) is 11.3 Å². The SMILES string of the molecule is CC1=CC(C(=O)O)(c2ncc(-c3cccc(Br)c3)[nH]2)CC(C(=O)O)=C1.CCCCCCN. The van der Waals surface area contributed by atoms with E-state index in [2.05, 4.69) is 32.8 Å². The molecule has 7 nitrogen and oxygen atoms in total. The number of H-pyrrole nitrogens is 1. The Morgan fingerprint density at radius 3 is 2.59 bits per heavy atom. The number of nitrogens with two attached hydrogens (primary N) is 1. The van der Waals surface area contributed by atoms with E-state index in [4.69, 9.17) is 5.73 Å². The molecule has 0 bridgehead atoms. The van der Waals surface area contributed by atoms with Gasteiger partial charge in [0.25, 0.3) is 0 Å². The summed E-state index contributed by atoms with van der Waals surface area (Å²) in [6, 6.07) is 7.51. The summed E-state index contributed by atoms with van der Waals surface area (Å²) in [5, 5.41) is 19.2. The van der Waals surface area contributed by atoms with E-state index in [0.717, 1.165) is 16.6 Å². The molecule has 5 N–H and O–H groups in total. The van der Waals surface area contributed by atoms with Crippen molar-refractivity contribution in [2.24, 2.45) is 5.73 Å². The highest BCUT2D eigenvalue weighted by Crippen LogP contribution is 2.37. The van der Waals surface area contributed by atoms with E-state index in [1.807, 2.05) is 24.3 Å². The van der Waals surface area contributed by atoms with Crippen LogP contribution >= 0.6 is 15.9 Å². The lowest BCUT2D eigenvalue weighted by molar-refractivity contribution is -0.142. The van der Waals surface area contributed by atoms with Gasteiger partial charge in [-0.1, -0.05) is 65.9 Å². The number of aromatic amines is 1. The number of halogens is 1. The first-order chi connectivity index (χ1) is 15.2. The van der Waals surface area contributed by atoms with Crippen LogP contribution in [0.15, 0.2) is 58.2 Å². The van der Waals surface area contributed by atoms with Crippen LogP contribution in [-0.4, -0.2) is 38.7 Å². The van der Waals surface area contributed by atoms with Crippen molar-refractivity contribution in [2.75, 3.05) is 6.54 Å². The van der Waals surface area contributed by atoms with Gasteiger partial charge in [0.05, 0.1) is 11.9 Å². The van der Waals surface area contributed by atoms with Gasteiger partial charge < -0.3 is 20.9 Å². The number of carboxylic acid groups (broad SMARTS) is 2. The van der Waals surface area contributed by atoms with Gasteiger partial charge in [0, 0.05) is 22.0 Å². The smallest absolute Gasteiger partial charge is 0.331 e. The quantitative estimate of drug-likeness (QED) is 0.373. The van der Waals surface area contributed by atoms with Crippen LogP contribution in [0, 0.1) is 0 Å². The van der Waals surface area contributed by atoms with Crippen molar-refractivity contribution >= 4 is 27.9 Å². The average molecular weight is 504 g/mol. The first-order valence-electron chi connectivity index (χ1n) is 10.6. The van der Waals surface area contributed by atoms with Crippen molar-refractivity contribution < 1.29 is 19.8 Å². The lowest BCUT2D eigenvalue weighted by Crippen LogP contribution is -2.38. The van der Waals surface area contributed by atoms with Gasteiger partial charge in [-0.05, 0) is 38.1 Å². The molecule has 0 radical (unpaired) electrons. The number of aliphatic carboxylic acids is 2. The van der Waals surface area contributed by atoms with Gasteiger partial charge >= 0.3 is 11.9 Å². The van der Waals surface area contributed by atoms with Crippen LogP contribution in [0.2, 0.25) is 0 Å². The highest BCUT2D eigenvalue weighted by atomic mass is 79.9. The third-order valence-corrected chi connectivity index (χ3v) is 5.69. The summed E-state index contributed by atoms with van der Waals surface area (Å²) in [5.74, 6) is -2.06. The molecule has 0 aliphatic heterocycles. The van der Waals surface area contributed by atoms with E-state index in [0.29, 0.717) is 11.3 Å². The molecule has 1 aliphatic rings. The Balaban J connectivity index is 0.000000451. The minimum absolute atomic E-state index is 0.0443. The topological polar surface area (TPSA) is 129 Å². The van der Waals surface area contributed by atoms with Crippen molar-refractivity contribution in [1.82, 2.24) is 9.97 Å². The average Bonchev–Trinajstić information content (AvgIpc) is 3.25. The fourth-order valence-electron chi connectivity index (χ4n) is 3.56. The molecule has 32 heavy (non-hydrogen) atoms. The minimum atomic E-state index is -1.53. The van der Waals surface area contributed by atoms with Gasteiger partial charge in [0.2, 0.25) is 0 Å². The second-order valence-electron chi connectivity index (χ2n) is 7.82. The maximum Gasteiger partial charge on any atom is 0.331 e. The van der Waals surface area contributed by atoms with E-state index in [1.54, 1.807) is 19.2 Å². The lowest BCUT2D eigenvalue weighted by atomic mass is 9.75. The van der Waals surface area contributed by atoms with Crippen molar-refractivity contribution in [3.05, 3.63) is 64.1 Å². The Hall–Kier alpha value is -2.71. The fourth-order valence-corrected chi connectivity index (χ4v) is 3.96. The number of nitrogens with zero attached hydrogens (tertiary/aromatic N) is 1. The fraction of sp³-hybridized carbons (Fsp3) is 0.375. The van der Waals surface area contributed by atoms with E-state index >= 15 is 0 Å². The highest BCUT2D eigenvalue weighted by molar-refractivity contribution is 9.10. The molecular formula is C24H30BrN3O4. The molecule has 3 rings (SSSR count).